The average molecular weight is 239 g/mol. The summed E-state index contributed by atoms with van der Waals surface area (Å²) in [4.78, 5) is 0. The van der Waals surface area contributed by atoms with Gasteiger partial charge in [0.1, 0.15) is 0 Å². The van der Waals surface area contributed by atoms with E-state index < -0.39 is 0 Å². The number of hydrogen-bond acceptors (Lipinski definition) is 1. The van der Waals surface area contributed by atoms with Gasteiger partial charge >= 0.3 is 0 Å². The number of alkyl halides is 1. The maximum Gasteiger partial charge on any atom is 0.00338 e. The molecule has 0 radical (unpaired) electrons. The molecule has 0 amide bonds. The number of halogens is 1. The molecule has 0 N–H and O–H groups in total. The van der Waals surface area contributed by atoms with Gasteiger partial charge in [0.25, 0.3) is 0 Å². The summed E-state index contributed by atoms with van der Waals surface area (Å²) >= 11 is 5.56. The van der Waals surface area contributed by atoms with E-state index in [1.807, 2.05) is 0 Å². The van der Waals surface area contributed by atoms with E-state index in [4.69, 9.17) is 0 Å². The lowest BCUT2D eigenvalue weighted by atomic mass is 10.1. The van der Waals surface area contributed by atoms with Crippen LogP contribution in [0.4, 0.5) is 0 Å². The molecule has 1 unspecified atom stereocenters. The maximum absolute atomic E-state index is 3.47. The van der Waals surface area contributed by atoms with Crippen molar-refractivity contribution in [3.05, 3.63) is 0 Å². The van der Waals surface area contributed by atoms with Crippen molar-refractivity contribution in [3.63, 3.8) is 0 Å². The molecule has 11 heavy (non-hydrogen) atoms. The molecule has 0 aromatic rings. The van der Waals surface area contributed by atoms with E-state index in [0.717, 1.165) is 11.2 Å². The van der Waals surface area contributed by atoms with E-state index in [1.54, 1.807) is 0 Å². The lowest BCUT2D eigenvalue weighted by Crippen LogP contribution is -1.97. The highest BCUT2D eigenvalue weighted by Crippen LogP contribution is 2.13. The number of rotatable bonds is 7. The Balaban J connectivity index is 2.97. The Bertz CT molecular complexity index is 76.0. The van der Waals surface area contributed by atoms with Gasteiger partial charge in [-0.25, -0.2) is 0 Å². The normalized spacial score (nSPS) is 13.4. The van der Waals surface area contributed by atoms with Crippen molar-refractivity contribution in [2.24, 2.45) is 5.92 Å². The van der Waals surface area contributed by atoms with Crippen LogP contribution < -0.4 is 0 Å². The summed E-state index contributed by atoms with van der Waals surface area (Å²) in [5, 5.41) is 1.16. The lowest BCUT2D eigenvalue weighted by Gasteiger charge is -2.07. The summed E-state index contributed by atoms with van der Waals surface area (Å²) < 4.78 is 0. The first-order chi connectivity index (χ1) is 5.31. The number of thioether (sulfide) groups is 1. The first-order valence-corrected chi connectivity index (χ1v) is 6.72. The Morgan fingerprint density at radius 1 is 1.27 bits per heavy atom. The van der Waals surface area contributed by atoms with Crippen molar-refractivity contribution in [3.8, 4) is 0 Å². The molecule has 1 atom stereocenters. The average Bonchev–Trinajstić information content (AvgIpc) is 1.99. The van der Waals surface area contributed by atoms with Gasteiger partial charge in [0.2, 0.25) is 0 Å². The van der Waals surface area contributed by atoms with Gasteiger partial charge in [0.15, 0.2) is 0 Å². The van der Waals surface area contributed by atoms with Crippen LogP contribution in [0.25, 0.3) is 0 Å². The molecule has 0 heterocycles. The molecule has 0 fully saturated rings. The number of hydrogen-bond donors (Lipinski definition) is 0. The van der Waals surface area contributed by atoms with Gasteiger partial charge in [-0.1, -0.05) is 29.8 Å². The largest absolute Gasteiger partial charge is 0.162 e. The molecule has 0 aliphatic heterocycles. The van der Waals surface area contributed by atoms with Crippen molar-refractivity contribution in [1.29, 1.82) is 0 Å². The third kappa shape index (κ3) is 8.74. The highest BCUT2D eigenvalue weighted by atomic mass is 79.9. The Morgan fingerprint density at radius 3 is 2.55 bits per heavy atom. The molecular formula is C9H19BrS. The third-order valence-electron chi connectivity index (χ3n) is 1.71. The molecule has 2 heteroatoms. The van der Waals surface area contributed by atoms with Crippen molar-refractivity contribution < 1.29 is 0 Å². The summed E-state index contributed by atoms with van der Waals surface area (Å²) in [5.41, 5.74) is 0. The van der Waals surface area contributed by atoms with E-state index in [1.165, 1.54) is 30.8 Å². The molecule has 0 bridgehead atoms. The third-order valence-corrected chi connectivity index (χ3v) is 3.38. The SMILES string of the molecule is CCCSCCC(C)CCBr. The van der Waals surface area contributed by atoms with Crippen molar-refractivity contribution in [1.82, 2.24) is 0 Å². The molecule has 0 spiro atoms. The second kappa shape index (κ2) is 8.92. The highest BCUT2D eigenvalue weighted by molar-refractivity contribution is 9.09. The van der Waals surface area contributed by atoms with Crippen LogP contribution in [0.1, 0.15) is 33.1 Å². The van der Waals surface area contributed by atoms with Gasteiger partial charge in [-0.2, -0.15) is 11.8 Å². The standard InChI is InChI=1S/C9H19BrS/c1-3-7-11-8-5-9(2)4-6-10/h9H,3-8H2,1-2H3. The van der Waals surface area contributed by atoms with Crippen LogP contribution in [0, 0.1) is 5.92 Å². The predicted octanol–water partition coefficient (Wildman–Crippen LogP) is 3.94. The van der Waals surface area contributed by atoms with Gasteiger partial charge in [-0.3, -0.25) is 0 Å². The molecule has 68 valence electrons. The van der Waals surface area contributed by atoms with Gasteiger partial charge in [-0.05, 0) is 36.7 Å². The Morgan fingerprint density at radius 2 is 2.00 bits per heavy atom. The summed E-state index contributed by atoms with van der Waals surface area (Å²) in [6.07, 6.45) is 4.03. The quantitative estimate of drug-likeness (QED) is 0.479. The van der Waals surface area contributed by atoms with E-state index >= 15 is 0 Å². The molecule has 0 nitrogen and oxygen atoms in total. The zero-order valence-corrected chi connectivity index (χ0v) is 10.0. The summed E-state index contributed by atoms with van der Waals surface area (Å²) in [7, 11) is 0. The topological polar surface area (TPSA) is 0 Å². The fourth-order valence-electron chi connectivity index (χ4n) is 0.862. The molecule has 0 saturated carbocycles. The zero-order chi connectivity index (χ0) is 8.53. The molecule has 0 aliphatic carbocycles. The minimum absolute atomic E-state index is 0.902. The maximum atomic E-state index is 3.47. The molecule has 0 aromatic heterocycles. The molecule has 0 aliphatic rings. The second-order valence-corrected chi connectivity index (χ2v) is 5.00. The minimum Gasteiger partial charge on any atom is -0.162 e. The van der Waals surface area contributed by atoms with E-state index in [0.29, 0.717) is 0 Å². The summed E-state index contributed by atoms with van der Waals surface area (Å²) in [5.74, 6) is 3.59. The van der Waals surface area contributed by atoms with Crippen molar-refractivity contribution >= 4 is 27.7 Å². The molecule has 0 aromatic carbocycles. The zero-order valence-electron chi connectivity index (χ0n) is 7.61. The summed E-state index contributed by atoms with van der Waals surface area (Å²) in [6, 6.07) is 0. The Kier molecular flexibility index (Phi) is 9.60. The van der Waals surface area contributed by atoms with E-state index in [2.05, 4.69) is 41.5 Å². The van der Waals surface area contributed by atoms with E-state index in [-0.39, 0.29) is 0 Å². The van der Waals surface area contributed by atoms with Gasteiger partial charge < -0.3 is 0 Å². The van der Waals surface area contributed by atoms with Crippen LogP contribution in [0.2, 0.25) is 0 Å². The van der Waals surface area contributed by atoms with Crippen molar-refractivity contribution in [2.45, 2.75) is 33.1 Å². The predicted molar refractivity (Wildman–Crippen MR) is 59.8 cm³/mol. The van der Waals surface area contributed by atoms with E-state index in [9.17, 15) is 0 Å². The molecule has 0 rings (SSSR count). The highest BCUT2D eigenvalue weighted by Gasteiger charge is 1.99. The Labute approximate surface area is 83.6 Å². The lowest BCUT2D eigenvalue weighted by molar-refractivity contribution is 0.555. The van der Waals surface area contributed by atoms with Crippen LogP contribution in [0.5, 0.6) is 0 Å². The monoisotopic (exact) mass is 238 g/mol. The Hall–Kier alpha value is 0.830. The first kappa shape index (κ1) is 11.8. The van der Waals surface area contributed by atoms with Crippen molar-refractivity contribution in [2.75, 3.05) is 16.8 Å². The van der Waals surface area contributed by atoms with Crippen LogP contribution in [0.15, 0.2) is 0 Å². The minimum atomic E-state index is 0.902. The van der Waals surface area contributed by atoms with Crippen LogP contribution in [0.3, 0.4) is 0 Å². The summed E-state index contributed by atoms with van der Waals surface area (Å²) in [6.45, 7) is 4.59. The fraction of sp³-hybridized carbons (Fsp3) is 1.00. The van der Waals surface area contributed by atoms with Crippen LogP contribution >= 0.6 is 27.7 Å². The fourth-order valence-corrected chi connectivity index (χ4v) is 2.70. The molecular weight excluding hydrogens is 220 g/mol. The van der Waals surface area contributed by atoms with Crippen LogP contribution in [-0.4, -0.2) is 16.8 Å². The molecule has 0 saturated heterocycles. The first-order valence-electron chi connectivity index (χ1n) is 4.45. The smallest absolute Gasteiger partial charge is 0.00338 e. The van der Waals surface area contributed by atoms with Crippen LogP contribution in [-0.2, 0) is 0 Å². The van der Waals surface area contributed by atoms with Gasteiger partial charge in [0.05, 0.1) is 0 Å². The van der Waals surface area contributed by atoms with Gasteiger partial charge in [-0.15, -0.1) is 0 Å². The second-order valence-electron chi connectivity index (χ2n) is 2.98. The van der Waals surface area contributed by atoms with Gasteiger partial charge in [0, 0.05) is 5.33 Å².